The summed E-state index contributed by atoms with van der Waals surface area (Å²) in [7, 11) is 0. The van der Waals surface area contributed by atoms with Crippen molar-refractivity contribution in [2.45, 2.75) is 6.18 Å². The molecule has 78 heavy (non-hydrogen) atoms. The van der Waals surface area contributed by atoms with Gasteiger partial charge in [-0.3, -0.25) is 0 Å². The van der Waals surface area contributed by atoms with E-state index in [0.29, 0.717) is 50.4 Å². The molecule has 0 amide bonds. The molecule has 362 valence electrons. The zero-order chi connectivity index (χ0) is 53.8. The fourth-order valence-corrected chi connectivity index (χ4v) is 10.5. The second-order valence-electron chi connectivity index (χ2n) is 18.6. The quantitative estimate of drug-likeness (QED) is 0.149. The van der Waals surface area contributed by atoms with E-state index in [1.165, 1.54) is 12.1 Å². The van der Waals surface area contributed by atoms with Crippen LogP contribution in [0.15, 0.2) is 200 Å². The summed E-state index contributed by atoms with van der Waals surface area (Å²) in [6, 6.07) is 64.4. The summed E-state index contributed by atoms with van der Waals surface area (Å²) >= 11 is 0. The van der Waals surface area contributed by atoms with Gasteiger partial charge in [-0.2, -0.15) is 23.7 Å². The topological polar surface area (TPSA) is 74.9 Å². The van der Waals surface area contributed by atoms with E-state index >= 15 is 13.2 Å². The zero-order valence-electron chi connectivity index (χ0n) is 40.8. The molecule has 0 atom stereocenters. The highest BCUT2D eigenvalue weighted by molar-refractivity contribution is 6.14. The lowest BCUT2D eigenvalue weighted by atomic mass is 9.95. The van der Waals surface area contributed by atoms with Crippen molar-refractivity contribution < 1.29 is 13.2 Å². The molecule has 0 radical (unpaired) electrons. The molecule has 0 bridgehead atoms. The predicted molar refractivity (Wildman–Crippen MR) is 302 cm³/mol. The number of rotatable bonds is 7. The molecule has 0 aliphatic heterocycles. The van der Waals surface area contributed by atoms with Gasteiger partial charge in [-0.05, 0) is 122 Å². The van der Waals surface area contributed by atoms with Gasteiger partial charge in [-0.25, -0.2) is 19.4 Å². The first-order valence-electron chi connectivity index (χ1n) is 24.3. The molecule has 12 rings (SSSR count). The predicted octanol–water partition coefficient (Wildman–Crippen LogP) is 19.2. The van der Waals surface area contributed by atoms with Crippen molar-refractivity contribution in [1.29, 1.82) is 10.5 Å². The van der Waals surface area contributed by atoms with Crippen LogP contribution >= 0.6 is 0 Å². The molecule has 0 N–H and O–H groups in total. The van der Waals surface area contributed by atoms with Gasteiger partial charge in [-0.15, -0.1) is 0 Å². The molecule has 2 aromatic heterocycles. The normalized spacial score (nSPS) is 11.2. The SMILES string of the molecule is [C-]#[N+]c1ccc(-c2ccc3c4ccc(-c5ccc(C#N)cc5)cc4n(-c4cc([N+]#[C-])c(-c5ccc([N+]#[C-])cc5C(F)(F)F)cc4-n4c5cc(-c6ccc(C#N)cc6)ccc5c5ccc(-c6ccc([N+]#[C-])cc6)cc54)c3c2)cc1. The third-order valence-corrected chi connectivity index (χ3v) is 14.3. The third kappa shape index (κ3) is 8.08. The number of hydrogen-bond acceptors (Lipinski definition) is 2. The lowest BCUT2D eigenvalue weighted by molar-refractivity contribution is -0.137. The van der Waals surface area contributed by atoms with Crippen molar-refractivity contribution in [1.82, 2.24) is 9.13 Å². The van der Waals surface area contributed by atoms with Crippen LogP contribution in [0, 0.1) is 49.0 Å². The number of aromatic nitrogens is 2. The standard InChI is InChI=1S/C67H33F3N8/c1-73-50-21-13-44(14-22-50)48-19-28-55-54-26-17-46(42-9-5-40(38-71)6-10-42)31-61(54)77(62(55)33-48)65-36-58(53-30-25-52(75-3)35-59(53)67(68,69)70)60(76-4)37-66(65)78-63-32-47(43-11-7-41(39-72)8-12-43)18-27-56(63)57-29-20-49(34-64(57)78)45-15-23-51(74-2)24-16-45/h5-37H. The molecule has 11 heteroatoms. The van der Waals surface area contributed by atoms with Crippen LogP contribution in [0.25, 0.3) is 130 Å². The largest absolute Gasteiger partial charge is 0.415 e. The Kier molecular flexibility index (Phi) is 11.4. The number of benzene rings is 10. The molecular weight excluding hydrogens is 974 g/mol. The first kappa shape index (κ1) is 47.5. The Labute approximate surface area is 445 Å². The highest BCUT2D eigenvalue weighted by Crippen LogP contribution is 2.48. The third-order valence-electron chi connectivity index (χ3n) is 14.3. The zero-order valence-corrected chi connectivity index (χ0v) is 40.8. The first-order valence-corrected chi connectivity index (χ1v) is 24.3. The Bertz CT molecular complexity index is 4520. The summed E-state index contributed by atoms with van der Waals surface area (Å²) in [4.78, 5) is 14.5. The van der Waals surface area contributed by atoms with Gasteiger partial charge in [0.1, 0.15) is 0 Å². The van der Waals surface area contributed by atoms with Gasteiger partial charge in [-0.1, -0.05) is 133 Å². The van der Waals surface area contributed by atoms with Gasteiger partial charge in [0.05, 0.1) is 88.6 Å². The van der Waals surface area contributed by atoms with Crippen LogP contribution in [0.1, 0.15) is 16.7 Å². The first-order chi connectivity index (χ1) is 38.0. The van der Waals surface area contributed by atoms with E-state index in [0.717, 1.165) is 77.6 Å². The number of alkyl halides is 3. The Hall–Kier alpha value is -11.5. The second kappa shape index (κ2) is 18.8. The van der Waals surface area contributed by atoms with Crippen molar-refractivity contribution in [2.24, 2.45) is 0 Å². The van der Waals surface area contributed by atoms with Crippen molar-refractivity contribution in [3.05, 3.63) is 263 Å². The minimum atomic E-state index is -4.91. The number of hydrogen-bond donors (Lipinski definition) is 0. The van der Waals surface area contributed by atoms with Crippen LogP contribution in [0.3, 0.4) is 0 Å². The Morgan fingerprint density at radius 3 is 1.01 bits per heavy atom. The molecule has 0 spiro atoms. The Balaban J connectivity index is 1.26. The van der Waals surface area contributed by atoms with E-state index in [9.17, 15) is 10.5 Å². The molecule has 0 saturated heterocycles. The highest BCUT2D eigenvalue weighted by Gasteiger charge is 2.35. The smallest absolute Gasteiger partial charge is 0.308 e. The average Bonchev–Trinajstić information content (AvgIpc) is 4.04. The fraction of sp³-hybridized carbons (Fsp3) is 0.0149. The Morgan fingerprint density at radius 1 is 0.346 bits per heavy atom. The van der Waals surface area contributed by atoms with E-state index in [4.69, 9.17) is 26.3 Å². The summed E-state index contributed by atoms with van der Waals surface area (Å²) in [6.45, 7) is 31.6. The summed E-state index contributed by atoms with van der Waals surface area (Å²) in [5, 5.41) is 22.7. The van der Waals surface area contributed by atoms with E-state index < -0.39 is 11.7 Å². The van der Waals surface area contributed by atoms with Crippen molar-refractivity contribution >= 4 is 66.4 Å². The van der Waals surface area contributed by atoms with Crippen LogP contribution in [-0.2, 0) is 6.18 Å². The maximum atomic E-state index is 15.4. The number of fused-ring (bicyclic) bond motifs is 6. The van der Waals surface area contributed by atoms with Gasteiger partial charge in [0.15, 0.2) is 22.7 Å². The van der Waals surface area contributed by atoms with Crippen LogP contribution in [0.5, 0.6) is 0 Å². The van der Waals surface area contributed by atoms with Gasteiger partial charge in [0, 0.05) is 21.5 Å². The molecule has 0 unspecified atom stereocenters. The lowest BCUT2D eigenvalue weighted by Gasteiger charge is -2.22. The van der Waals surface area contributed by atoms with Crippen LogP contribution in [0.2, 0.25) is 0 Å². The van der Waals surface area contributed by atoms with E-state index in [-0.39, 0.29) is 22.5 Å². The monoisotopic (exact) mass is 1010 g/mol. The molecule has 2 heterocycles. The molecule has 8 nitrogen and oxygen atoms in total. The van der Waals surface area contributed by atoms with E-state index in [1.807, 2.05) is 126 Å². The van der Waals surface area contributed by atoms with Crippen LogP contribution < -0.4 is 0 Å². The highest BCUT2D eigenvalue weighted by atomic mass is 19.4. The number of halogens is 3. The minimum absolute atomic E-state index is 0.00337. The molecule has 0 aliphatic rings. The summed E-state index contributed by atoms with van der Waals surface area (Å²) < 4.78 is 50.4. The molecule has 0 aliphatic carbocycles. The molecule has 12 aromatic rings. The van der Waals surface area contributed by atoms with Crippen LogP contribution in [-0.4, -0.2) is 9.13 Å². The second-order valence-corrected chi connectivity index (χ2v) is 18.6. The molecule has 0 fully saturated rings. The average molecular weight is 1010 g/mol. The van der Waals surface area contributed by atoms with Gasteiger partial charge in [0.25, 0.3) is 0 Å². The lowest BCUT2D eigenvalue weighted by Crippen LogP contribution is -2.08. The fourth-order valence-electron chi connectivity index (χ4n) is 10.5. The molecule has 0 saturated carbocycles. The summed E-state index contributed by atoms with van der Waals surface area (Å²) in [6.07, 6.45) is -4.91. The van der Waals surface area contributed by atoms with Crippen molar-refractivity contribution in [3.63, 3.8) is 0 Å². The van der Waals surface area contributed by atoms with E-state index in [2.05, 4.69) is 36.1 Å². The summed E-state index contributed by atoms with van der Waals surface area (Å²) in [5.41, 5.74) is 10.6. The number of nitriles is 2. The maximum absolute atomic E-state index is 15.4. The Morgan fingerprint density at radius 2 is 0.679 bits per heavy atom. The van der Waals surface area contributed by atoms with Gasteiger partial charge >= 0.3 is 6.18 Å². The van der Waals surface area contributed by atoms with E-state index in [1.54, 1.807) is 60.7 Å². The molecule has 10 aromatic carbocycles. The summed E-state index contributed by atoms with van der Waals surface area (Å²) in [5.74, 6) is 0. The van der Waals surface area contributed by atoms with Gasteiger partial charge in [0.2, 0.25) is 0 Å². The molecular formula is C67H33F3N8. The number of nitrogens with zero attached hydrogens (tertiary/aromatic N) is 8. The van der Waals surface area contributed by atoms with Crippen molar-refractivity contribution in [3.8, 4) is 79.1 Å². The van der Waals surface area contributed by atoms with Gasteiger partial charge < -0.3 is 9.13 Å². The minimum Gasteiger partial charge on any atom is -0.308 e. The van der Waals surface area contributed by atoms with Crippen molar-refractivity contribution in [2.75, 3.05) is 0 Å². The van der Waals surface area contributed by atoms with Crippen LogP contribution in [0.4, 0.5) is 35.9 Å². The maximum Gasteiger partial charge on any atom is 0.415 e.